The van der Waals surface area contributed by atoms with E-state index in [1.54, 1.807) is 10.9 Å². The lowest BCUT2D eigenvalue weighted by Crippen LogP contribution is -2.21. The molecule has 1 amide bonds. The Balaban J connectivity index is 1.43. The van der Waals surface area contributed by atoms with Crippen molar-refractivity contribution in [2.24, 2.45) is 0 Å². The van der Waals surface area contributed by atoms with Crippen molar-refractivity contribution in [2.75, 3.05) is 18.5 Å². The molecular formula is C23H25ClF3N5O3. The third kappa shape index (κ3) is 5.90. The lowest BCUT2D eigenvalue weighted by Gasteiger charge is -2.12. The van der Waals surface area contributed by atoms with Gasteiger partial charge in [-0.05, 0) is 44.4 Å². The normalized spacial score (nSPS) is 13.7. The van der Waals surface area contributed by atoms with Crippen LogP contribution in [-0.4, -0.2) is 38.7 Å². The summed E-state index contributed by atoms with van der Waals surface area (Å²) in [6, 6.07) is 5.60. The number of halogens is 4. The molecule has 1 fully saturated rings. The number of aromatic nitrogens is 4. The molecule has 2 heterocycles. The summed E-state index contributed by atoms with van der Waals surface area (Å²) < 4.78 is 53.6. The summed E-state index contributed by atoms with van der Waals surface area (Å²) in [6.45, 7) is 4.83. The number of amides is 1. The van der Waals surface area contributed by atoms with Crippen LogP contribution in [0.15, 0.2) is 30.6 Å². The molecule has 188 valence electrons. The maximum Gasteiger partial charge on any atom is 0.436 e. The van der Waals surface area contributed by atoms with Crippen molar-refractivity contribution in [3.8, 4) is 11.5 Å². The van der Waals surface area contributed by atoms with Gasteiger partial charge in [-0.15, -0.1) is 0 Å². The van der Waals surface area contributed by atoms with Crippen LogP contribution < -0.4 is 14.8 Å². The van der Waals surface area contributed by atoms with Crippen LogP contribution in [-0.2, 0) is 24.1 Å². The Hall–Kier alpha value is -3.21. The van der Waals surface area contributed by atoms with Gasteiger partial charge in [-0.1, -0.05) is 17.7 Å². The largest absolute Gasteiger partial charge is 0.490 e. The van der Waals surface area contributed by atoms with E-state index in [1.807, 2.05) is 32.0 Å². The maximum absolute atomic E-state index is 13.2. The van der Waals surface area contributed by atoms with Crippen molar-refractivity contribution >= 4 is 23.2 Å². The molecular weight excluding hydrogens is 487 g/mol. The van der Waals surface area contributed by atoms with Crippen LogP contribution >= 0.6 is 11.6 Å². The lowest BCUT2D eigenvalue weighted by molar-refractivity contribution is -0.141. The lowest BCUT2D eigenvalue weighted by atomic mass is 10.2. The van der Waals surface area contributed by atoms with Crippen LogP contribution in [0.5, 0.6) is 11.5 Å². The number of benzene rings is 1. The van der Waals surface area contributed by atoms with Gasteiger partial charge in [0.2, 0.25) is 5.91 Å². The number of rotatable bonds is 10. The van der Waals surface area contributed by atoms with Crippen LogP contribution in [0.2, 0.25) is 5.02 Å². The highest BCUT2D eigenvalue weighted by Crippen LogP contribution is 2.46. The first-order chi connectivity index (χ1) is 16.7. The molecule has 0 radical (unpaired) electrons. The Bertz CT molecular complexity index is 1200. The smallest absolute Gasteiger partial charge is 0.436 e. The molecule has 0 atom stereocenters. The molecule has 2 aromatic heterocycles. The van der Waals surface area contributed by atoms with Crippen LogP contribution in [0.1, 0.15) is 49.6 Å². The zero-order chi connectivity index (χ0) is 25.2. The summed E-state index contributed by atoms with van der Waals surface area (Å²) in [6.07, 6.45) is -0.156. The van der Waals surface area contributed by atoms with Crippen LogP contribution in [0.3, 0.4) is 0 Å². The molecule has 1 N–H and O–H groups in total. The van der Waals surface area contributed by atoms with Gasteiger partial charge >= 0.3 is 6.18 Å². The summed E-state index contributed by atoms with van der Waals surface area (Å²) >= 11 is 5.97. The van der Waals surface area contributed by atoms with Gasteiger partial charge in [-0.2, -0.15) is 23.4 Å². The molecule has 35 heavy (non-hydrogen) atoms. The molecule has 0 unspecified atom stereocenters. The Labute approximate surface area is 205 Å². The fourth-order valence-electron chi connectivity index (χ4n) is 3.73. The van der Waals surface area contributed by atoms with E-state index in [0.717, 1.165) is 10.2 Å². The van der Waals surface area contributed by atoms with Crippen molar-refractivity contribution in [3.63, 3.8) is 0 Å². The average Bonchev–Trinajstić information content (AvgIpc) is 3.43. The van der Waals surface area contributed by atoms with Crippen molar-refractivity contribution < 1.29 is 27.4 Å². The molecule has 1 saturated carbocycles. The summed E-state index contributed by atoms with van der Waals surface area (Å²) in [5, 5.41) is 10.1. The summed E-state index contributed by atoms with van der Waals surface area (Å²) in [5.41, 5.74) is 0.417. The molecule has 0 spiro atoms. The predicted molar refractivity (Wildman–Crippen MR) is 123 cm³/mol. The first kappa shape index (κ1) is 24.9. The van der Waals surface area contributed by atoms with Crippen molar-refractivity contribution in [1.82, 2.24) is 19.6 Å². The minimum atomic E-state index is -4.69. The molecule has 1 aliphatic rings. The number of nitrogens with one attached hydrogen (secondary N) is 1. The van der Waals surface area contributed by atoms with Crippen LogP contribution in [0.4, 0.5) is 18.9 Å². The molecule has 4 rings (SSSR count). The minimum absolute atomic E-state index is 0.114. The van der Waals surface area contributed by atoms with E-state index in [4.69, 9.17) is 21.1 Å². The van der Waals surface area contributed by atoms with Gasteiger partial charge in [0.1, 0.15) is 6.54 Å². The average molecular weight is 512 g/mol. The van der Waals surface area contributed by atoms with Gasteiger partial charge in [-0.25, -0.2) is 0 Å². The van der Waals surface area contributed by atoms with Gasteiger partial charge < -0.3 is 14.8 Å². The quantitative estimate of drug-likeness (QED) is 0.409. The molecule has 1 aliphatic carbocycles. The third-order valence-corrected chi connectivity index (χ3v) is 5.70. The van der Waals surface area contributed by atoms with E-state index in [0.29, 0.717) is 49.8 Å². The highest BCUT2D eigenvalue weighted by molar-refractivity contribution is 6.32. The van der Waals surface area contributed by atoms with E-state index in [9.17, 15) is 18.0 Å². The fraction of sp³-hybridized carbons (Fsp3) is 0.435. The predicted octanol–water partition coefficient (Wildman–Crippen LogP) is 5.11. The zero-order valence-electron chi connectivity index (χ0n) is 19.2. The zero-order valence-corrected chi connectivity index (χ0v) is 20.0. The Morgan fingerprint density at radius 1 is 1.20 bits per heavy atom. The highest BCUT2D eigenvalue weighted by atomic mass is 35.5. The Morgan fingerprint density at radius 2 is 1.91 bits per heavy atom. The summed E-state index contributed by atoms with van der Waals surface area (Å²) in [5.74, 6) is 0.649. The van der Waals surface area contributed by atoms with Crippen LogP contribution in [0.25, 0.3) is 0 Å². The van der Waals surface area contributed by atoms with Gasteiger partial charge in [0.05, 0.1) is 42.4 Å². The first-order valence-corrected chi connectivity index (χ1v) is 11.6. The second-order valence-corrected chi connectivity index (χ2v) is 8.48. The van der Waals surface area contributed by atoms with E-state index < -0.39 is 22.8 Å². The van der Waals surface area contributed by atoms with Crippen molar-refractivity contribution in [3.05, 3.63) is 52.6 Å². The fourth-order valence-corrected chi connectivity index (χ4v) is 4.13. The van der Waals surface area contributed by atoms with Crippen molar-refractivity contribution in [2.45, 2.75) is 51.9 Å². The van der Waals surface area contributed by atoms with E-state index in [-0.39, 0.29) is 18.2 Å². The maximum atomic E-state index is 13.2. The van der Waals surface area contributed by atoms with Gasteiger partial charge in [0, 0.05) is 12.1 Å². The second kappa shape index (κ2) is 10.2. The SMILES string of the molecule is CCOc1ccc(Cn2cc(NC(=O)Cn3nc(C(F)(F)F)c(Cl)c3C3CC3)cn2)cc1OCC. The number of carbonyl (C=O) groups is 1. The number of nitrogens with zero attached hydrogens (tertiary/aromatic N) is 4. The third-order valence-electron chi connectivity index (χ3n) is 5.33. The van der Waals surface area contributed by atoms with Crippen molar-refractivity contribution in [1.29, 1.82) is 0 Å². The molecule has 8 nitrogen and oxygen atoms in total. The van der Waals surface area contributed by atoms with E-state index in [2.05, 4.69) is 15.5 Å². The number of anilines is 1. The van der Waals surface area contributed by atoms with E-state index in [1.165, 1.54) is 6.20 Å². The first-order valence-electron chi connectivity index (χ1n) is 11.2. The van der Waals surface area contributed by atoms with E-state index >= 15 is 0 Å². The number of hydrogen-bond donors (Lipinski definition) is 1. The monoisotopic (exact) mass is 511 g/mol. The molecule has 0 saturated heterocycles. The molecule has 0 aliphatic heterocycles. The standard InChI is InChI=1S/C23H25ClF3N5O3/c1-3-34-17-8-5-14(9-18(17)35-4-2)11-31-12-16(10-28-31)29-19(33)13-32-21(15-6-7-15)20(24)22(30-32)23(25,26)27/h5,8-10,12,15H,3-4,6-7,11,13H2,1-2H3,(H,29,33). The molecule has 0 bridgehead atoms. The van der Waals surface area contributed by atoms with Gasteiger partial charge in [-0.3, -0.25) is 14.2 Å². The number of ether oxygens (including phenoxy) is 2. The molecule has 3 aromatic rings. The minimum Gasteiger partial charge on any atom is -0.490 e. The summed E-state index contributed by atoms with van der Waals surface area (Å²) in [4.78, 5) is 12.6. The number of carbonyl (C=O) groups excluding carboxylic acids is 1. The Kier molecular flexibility index (Phi) is 7.25. The number of hydrogen-bond acceptors (Lipinski definition) is 5. The topological polar surface area (TPSA) is 83.2 Å². The molecule has 1 aromatic carbocycles. The molecule has 12 heteroatoms. The van der Waals surface area contributed by atoms with Crippen LogP contribution in [0, 0.1) is 0 Å². The van der Waals surface area contributed by atoms with Gasteiger partial charge in [0.25, 0.3) is 0 Å². The summed E-state index contributed by atoms with van der Waals surface area (Å²) in [7, 11) is 0. The van der Waals surface area contributed by atoms with Gasteiger partial charge in [0.15, 0.2) is 17.2 Å². The number of alkyl halides is 3. The highest BCUT2D eigenvalue weighted by Gasteiger charge is 2.42. The Morgan fingerprint density at radius 3 is 2.57 bits per heavy atom. The second-order valence-electron chi connectivity index (χ2n) is 8.10.